The van der Waals surface area contributed by atoms with Gasteiger partial charge in [0.15, 0.2) is 0 Å². The molecule has 0 radical (unpaired) electrons. The van der Waals surface area contributed by atoms with Crippen LogP contribution in [0.1, 0.15) is 88.6 Å². The zero-order valence-electron chi connectivity index (χ0n) is 25.3. The summed E-state index contributed by atoms with van der Waals surface area (Å²) in [5, 5.41) is 2.62. The molecule has 0 amide bonds. The Labute approximate surface area is 243 Å². The zero-order valence-corrected chi connectivity index (χ0v) is 28.2. The van der Waals surface area contributed by atoms with Crippen LogP contribution in [0.3, 0.4) is 0 Å². The fourth-order valence-corrected chi connectivity index (χ4v) is 1.64. The molecular formula is C34H50O2W. The van der Waals surface area contributed by atoms with Crippen molar-refractivity contribution in [1.29, 1.82) is 0 Å². The van der Waals surface area contributed by atoms with Gasteiger partial charge in [-0.3, -0.25) is 9.59 Å². The fraction of sp³-hybridized carbons (Fsp3) is 0.412. The third kappa shape index (κ3) is 23.8. The van der Waals surface area contributed by atoms with Crippen molar-refractivity contribution in [2.75, 3.05) is 0 Å². The van der Waals surface area contributed by atoms with Crippen LogP contribution in [-0.2, 0) is 30.7 Å². The van der Waals surface area contributed by atoms with Gasteiger partial charge < -0.3 is 18.2 Å². The largest absolute Gasteiger partial charge is 2.00 e. The van der Waals surface area contributed by atoms with Crippen molar-refractivity contribution in [2.24, 2.45) is 10.8 Å². The number of ketones is 2. The van der Waals surface area contributed by atoms with E-state index in [1.54, 1.807) is 13.8 Å². The van der Waals surface area contributed by atoms with Gasteiger partial charge in [0, 0.05) is 10.8 Å². The third-order valence-electron chi connectivity index (χ3n) is 4.68. The van der Waals surface area contributed by atoms with E-state index in [4.69, 9.17) is 6.58 Å². The summed E-state index contributed by atoms with van der Waals surface area (Å²) in [5.41, 5.74) is 0.660. The fourth-order valence-electron chi connectivity index (χ4n) is 1.64. The first-order valence-electron chi connectivity index (χ1n) is 12.8. The molecule has 0 aliphatic rings. The summed E-state index contributed by atoms with van der Waals surface area (Å²) >= 11 is 0. The van der Waals surface area contributed by atoms with E-state index in [1.165, 1.54) is 16.8 Å². The van der Waals surface area contributed by atoms with E-state index < -0.39 is 0 Å². The first-order valence-corrected chi connectivity index (χ1v) is 12.8. The molecule has 3 rings (SSSR count). The number of Topliss-reactive ketones (excluding diaryl/α,β-unsaturated/α-hetero) is 2. The Balaban J connectivity index is -0.000000188. The molecule has 37 heavy (non-hydrogen) atoms. The quantitative estimate of drug-likeness (QED) is 0.241. The molecule has 2 nitrogen and oxygen atoms in total. The van der Waals surface area contributed by atoms with E-state index in [2.05, 4.69) is 54.6 Å². The van der Waals surface area contributed by atoms with Crippen LogP contribution in [0.25, 0.3) is 16.8 Å². The molecule has 0 aliphatic heterocycles. The van der Waals surface area contributed by atoms with E-state index in [9.17, 15) is 9.59 Å². The molecule has 0 aliphatic carbocycles. The molecule has 0 saturated carbocycles. The Morgan fingerprint density at radius 1 is 0.649 bits per heavy atom. The van der Waals surface area contributed by atoms with E-state index in [0.717, 1.165) is 5.56 Å². The van der Waals surface area contributed by atoms with Crippen LogP contribution in [0.4, 0.5) is 0 Å². The molecule has 0 aromatic heterocycles. The molecule has 0 atom stereocenters. The van der Waals surface area contributed by atoms with Crippen molar-refractivity contribution in [3.05, 3.63) is 91.0 Å². The van der Waals surface area contributed by atoms with Crippen LogP contribution >= 0.6 is 0 Å². The third-order valence-corrected chi connectivity index (χ3v) is 4.68. The zero-order chi connectivity index (χ0) is 28.8. The molecular weight excluding hydrogens is 624 g/mol. The molecule has 0 unspecified atom stereocenters. The van der Waals surface area contributed by atoms with Gasteiger partial charge in [0.25, 0.3) is 0 Å². The van der Waals surface area contributed by atoms with E-state index in [-0.39, 0.29) is 43.5 Å². The summed E-state index contributed by atoms with van der Waals surface area (Å²) in [5.74, 6) is 0.486. The Morgan fingerprint density at radius 3 is 1.08 bits per heavy atom. The summed E-state index contributed by atoms with van der Waals surface area (Å²) in [6, 6.07) is 27.2. The second-order valence-electron chi connectivity index (χ2n) is 9.44. The normalized spacial score (nSPS) is 9.19. The van der Waals surface area contributed by atoms with Gasteiger partial charge in [-0.05, 0) is 24.6 Å². The second-order valence-corrected chi connectivity index (χ2v) is 9.44. The monoisotopic (exact) mass is 674 g/mol. The smallest absolute Gasteiger partial charge is 0.344 e. The first-order chi connectivity index (χ1) is 16.8. The van der Waals surface area contributed by atoms with Gasteiger partial charge in [-0.2, -0.15) is 12.1 Å². The number of rotatable bonds is 1. The topological polar surface area (TPSA) is 34.1 Å². The molecule has 0 bridgehead atoms. The molecule has 0 heterocycles. The molecule has 204 valence electrons. The van der Waals surface area contributed by atoms with Crippen LogP contribution in [0.2, 0.25) is 0 Å². The SMILES string of the molecule is CC.CC.CC(=O)C(C)(C)C.CC(=O)C(C)(C)C.[CH-]=Cc1[c-]cccc1.[W+2].c1ccc2ccccc2c1. The number of fused-ring (bicyclic) bond motifs is 1. The van der Waals surface area contributed by atoms with Crippen molar-refractivity contribution >= 4 is 28.4 Å². The van der Waals surface area contributed by atoms with Crippen LogP contribution in [-0.4, -0.2) is 11.6 Å². The van der Waals surface area contributed by atoms with Crippen LogP contribution in [0.15, 0.2) is 72.8 Å². The molecule has 0 N–H and O–H groups in total. The number of hydrogen-bond acceptors (Lipinski definition) is 2. The summed E-state index contributed by atoms with van der Waals surface area (Å²) in [6.45, 7) is 27.9. The number of benzene rings is 3. The minimum Gasteiger partial charge on any atom is -0.344 e. The molecule has 0 spiro atoms. The summed E-state index contributed by atoms with van der Waals surface area (Å²) in [4.78, 5) is 20.9. The Hall–Kier alpha value is -2.31. The van der Waals surface area contributed by atoms with Gasteiger partial charge >= 0.3 is 21.1 Å². The van der Waals surface area contributed by atoms with Crippen molar-refractivity contribution in [2.45, 2.75) is 83.1 Å². The Bertz CT molecular complexity index is 873. The average Bonchev–Trinajstić information content (AvgIpc) is 2.87. The maximum Gasteiger partial charge on any atom is 2.00 e. The number of carbonyl (C=O) groups is 2. The summed E-state index contributed by atoms with van der Waals surface area (Å²) < 4.78 is 0. The molecule has 3 aromatic carbocycles. The van der Waals surface area contributed by atoms with Gasteiger partial charge in [0.2, 0.25) is 0 Å². The standard InChI is InChI=1S/C10H8.C8H6.2C6H12O.2C2H6.W/c1-2-6-10-8-4-3-7-9(10)5-1;1-2-8-6-4-3-5-7-8;2*1-5(7)6(2,3)4;2*1-2;/h1-8H;1-6H;2*1-4H3;2*1-2H3;/q;-2;;;;;+2. The van der Waals surface area contributed by atoms with Crippen molar-refractivity contribution in [3.8, 4) is 0 Å². The predicted molar refractivity (Wildman–Crippen MR) is 161 cm³/mol. The van der Waals surface area contributed by atoms with E-state index in [1.807, 2.05) is 93.5 Å². The Morgan fingerprint density at radius 2 is 0.919 bits per heavy atom. The average molecular weight is 675 g/mol. The molecule has 3 aromatic rings. The maximum atomic E-state index is 10.5. The summed E-state index contributed by atoms with van der Waals surface area (Å²) in [6.07, 6.45) is 1.53. The van der Waals surface area contributed by atoms with Crippen LogP contribution in [0, 0.1) is 23.5 Å². The number of carbonyl (C=O) groups excluding carboxylic acids is 2. The minimum atomic E-state index is -0.139. The molecule has 0 fully saturated rings. The van der Waals surface area contributed by atoms with Gasteiger partial charge in [0.1, 0.15) is 11.6 Å². The maximum absolute atomic E-state index is 10.5. The predicted octanol–water partition coefficient (Wildman–Crippen LogP) is 10.1. The van der Waals surface area contributed by atoms with Gasteiger partial charge in [-0.15, -0.1) is 6.07 Å². The summed E-state index contributed by atoms with van der Waals surface area (Å²) in [7, 11) is 0. The molecule has 3 heteroatoms. The van der Waals surface area contributed by atoms with Gasteiger partial charge in [-0.1, -0.05) is 118 Å². The Kier molecular flexibility index (Phi) is 27.2. The van der Waals surface area contributed by atoms with Gasteiger partial charge in [-0.25, -0.2) is 12.1 Å². The second kappa shape index (κ2) is 24.0. The van der Waals surface area contributed by atoms with Crippen molar-refractivity contribution in [1.82, 2.24) is 0 Å². The van der Waals surface area contributed by atoms with E-state index in [0.29, 0.717) is 0 Å². The van der Waals surface area contributed by atoms with Crippen LogP contribution in [0.5, 0.6) is 0 Å². The number of hydrogen-bond donors (Lipinski definition) is 0. The van der Waals surface area contributed by atoms with Gasteiger partial charge in [0.05, 0.1) is 0 Å². The van der Waals surface area contributed by atoms with Crippen molar-refractivity contribution < 1.29 is 30.7 Å². The minimum absolute atomic E-state index is 0. The van der Waals surface area contributed by atoms with E-state index >= 15 is 0 Å². The first kappa shape index (κ1) is 41.8. The van der Waals surface area contributed by atoms with Crippen LogP contribution < -0.4 is 0 Å². The van der Waals surface area contributed by atoms with Crippen molar-refractivity contribution in [3.63, 3.8) is 0 Å². The molecule has 0 saturated heterocycles.